The van der Waals surface area contributed by atoms with Gasteiger partial charge in [-0.2, -0.15) is 0 Å². The molecule has 0 amide bonds. The largest absolute Gasteiger partial charge is 0.455 e. The summed E-state index contributed by atoms with van der Waals surface area (Å²) >= 11 is 0. The first-order chi connectivity index (χ1) is 27.4. The standard InChI is InChI=1S/C50H33NO/c1-2-10-34(11-3-1)36-22-27-42(28-23-36)51(43-29-24-37(25-30-43)40-21-20-35-12-4-5-14-39(35)32-40)44-16-8-15-41(33-44)45-18-9-19-48-49(45)47-31-26-38-13-6-7-17-46(38)50(47)52-48/h1-33H/i22D,23D,27D,28D. The molecule has 2 nitrogen and oxygen atoms in total. The van der Waals surface area contributed by atoms with Crippen molar-refractivity contribution in [2.45, 2.75) is 0 Å². The maximum Gasteiger partial charge on any atom is 0.143 e. The van der Waals surface area contributed by atoms with E-state index < -0.39 is 0 Å². The van der Waals surface area contributed by atoms with Crippen molar-refractivity contribution in [1.82, 2.24) is 0 Å². The summed E-state index contributed by atoms with van der Waals surface area (Å²) in [5.74, 6) is 0. The van der Waals surface area contributed by atoms with Gasteiger partial charge in [-0.05, 0) is 104 Å². The van der Waals surface area contributed by atoms with E-state index in [2.05, 4.69) is 72.8 Å². The van der Waals surface area contributed by atoms with E-state index in [-0.39, 0.29) is 35.4 Å². The Labute approximate surface area is 308 Å². The molecule has 52 heavy (non-hydrogen) atoms. The molecule has 10 rings (SSSR count). The van der Waals surface area contributed by atoms with Crippen molar-refractivity contribution in [2.24, 2.45) is 0 Å². The molecule has 0 spiro atoms. The number of rotatable bonds is 6. The van der Waals surface area contributed by atoms with Gasteiger partial charge in [0.05, 0.1) is 5.48 Å². The smallest absolute Gasteiger partial charge is 0.143 e. The summed E-state index contributed by atoms with van der Waals surface area (Å²) in [4.78, 5) is 1.85. The molecule has 1 heterocycles. The van der Waals surface area contributed by atoms with Crippen LogP contribution >= 0.6 is 0 Å². The second-order valence-corrected chi connectivity index (χ2v) is 13.0. The van der Waals surface area contributed by atoms with Gasteiger partial charge in [-0.1, -0.05) is 146 Å². The highest BCUT2D eigenvalue weighted by Gasteiger charge is 2.18. The van der Waals surface area contributed by atoms with Crippen LogP contribution in [0.25, 0.3) is 76.9 Å². The molecule has 0 saturated carbocycles. The Morgan fingerprint density at radius 3 is 1.90 bits per heavy atom. The van der Waals surface area contributed by atoms with Crippen molar-refractivity contribution < 1.29 is 9.90 Å². The zero-order valence-corrected chi connectivity index (χ0v) is 28.1. The third kappa shape index (κ3) is 5.21. The van der Waals surface area contributed by atoms with E-state index in [1.165, 1.54) is 5.39 Å². The van der Waals surface area contributed by atoms with E-state index in [4.69, 9.17) is 4.42 Å². The monoisotopic (exact) mass is 667 g/mol. The average molecular weight is 668 g/mol. The molecule has 9 aromatic carbocycles. The van der Waals surface area contributed by atoms with E-state index in [9.17, 15) is 5.48 Å². The first-order valence-electron chi connectivity index (χ1n) is 19.4. The van der Waals surface area contributed by atoms with Crippen molar-refractivity contribution in [3.05, 3.63) is 200 Å². The molecular formula is C50H33NO. The second-order valence-electron chi connectivity index (χ2n) is 13.0. The number of hydrogen-bond donors (Lipinski definition) is 0. The first kappa shape index (κ1) is 26.0. The van der Waals surface area contributed by atoms with Crippen LogP contribution in [0.15, 0.2) is 205 Å². The Kier molecular flexibility index (Phi) is 6.22. The summed E-state index contributed by atoms with van der Waals surface area (Å²) in [5.41, 5.74) is 8.15. The topological polar surface area (TPSA) is 16.4 Å². The highest BCUT2D eigenvalue weighted by atomic mass is 16.3. The molecule has 0 unspecified atom stereocenters. The molecule has 0 N–H and O–H groups in total. The Bertz CT molecular complexity index is 3110. The quantitative estimate of drug-likeness (QED) is 0.175. The molecule has 0 aliphatic carbocycles. The average Bonchev–Trinajstić information content (AvgIpc) is 3.65. The number of benzene rings is 9. The molecule has 0 fully saturated rings. The van der Waals surface area contributed by atoms with Gasteiger partial charge in [-0.25, -0.2) is 0 Å². The van der Waals surface area contributed by atoms with Gasteiger partial charge in [0, 0.05) is 33.2 Å². The lowest BCUT2D eigenvalue weighted by Gasteiger charge is -2.26. The van der Waals surface area contributed by atoms with Gasteiger partial charge in [0.25, 0.3) is 0 Å². The Hall–Kier alpha value is -6.90. The lowest BCUT2D eigenvalue weighted by Crippen LogP contribution is -2.10. The van der Waals surface area contributed by atoms with Gasteiger partial charge in [0.2, 0.25) is 0 Å². The van der Waals surface area contributed by atoms with Crippen LogP contribution in [0.2, 0.25) is 0 Å². The number of furan rings is 1. The van der Waals surface area contributed by atoms with Crippen molar-refractivity contribution in [3.63, 3.8) is 0 Å². The molecule has 0 aliphatic heterocycles. The zero-order valence-electron chi connectivity index (χ0n) is 32.1. The van der Waals surface area contributed by atoms with Crippen LogP contribution in [0.1, 0.15) is 5.48 Å². The Morgan fingerprint density at radius 1 is 0.385 bits per heavy atom. The van der Waals surface area contributed by atoms with Crippen LogP contribution in [0.3, 0.4) is 0 Å². The van der Waals surface area contributed by atoms with Crippen molar-refractivity contribution in [2.75, 3.05) is 4.90 Å². The summed E-state index contributed by atoms with van der Waals surface area (Å²) in [6.45, 7) is 0. The summed E-state index contributed by atoms with van der Waals surface area (Å²) in [5, 5.41) is 6.53. The predicted octanol–water partition coefficient (Wildman–Crippen LogP) is 14.4. The maximum atomic E-state index is 9.42. The predicted molar refractivity (Wildman–Crippen MR) is 220 cm³/mol. The molecule has 0 aliphatic rings. The first-order valence-corrected chi connectivity index (χ1v) is 17.4. The highest BCUT2D eigenvalue weighted by Crippen LogP contribution is 2.42. The van der Waals surface area contributed by atoms with Gasteiger partial charge in [-0.3, -0.25) is 0 Å². The van der Waals surface area contributed by atoms with Crippen LogP contribution in [-0.2, 0) is 0 Å². The van der Waals surface area contributed by atoms with E-state index in [1.807, 2.05) is 108 Å². The van der Waals surface area contributed by atoms with Crippen LogP contribution in [0.4, 0.5) is 17.1 Å². The normalized spacial score (nSPS) is 12.5. The Balaban J connectivity index is 1.16. The fourth-order valence-electron chi connectivity index (χ4n) is 7.35. The Morgan fingerprint density at radius 2 is 1.06 bits per heavy atom. The van der Waals surface area contributed by atoms with Crippen LogP contribution < -0.4 is 4.90 Å². The molecule has 244 valence electrons. The zero-order chi connectivity index (χ0) is 37.9. The van der Waals surface area contributed by atoms with Crippen LogP contribution in [0.5, 0.6) is 0 Å². The van der Waals surface area contributed by atoms with E-state index >= 15 is 0 Å². The van der Waals surface area contributed by atoms with Gasteiger partial charge in [-0.15, -0.1) is 0 Å². The minimum Gasteiger partial charge on any atom is -0.455 e. The highest BCUT2D eigenvalue weighted by molar-refractivity contribution is 6.19. The minimum absolute atomic E-state index is 0.0944. The SMILES string of the molecule is [2H]c1c([2H])c(N(c2ccc(-c3ccc4ccccc4c3)cc2)c2cccc(-c3cccc4oc5c6ccccc6ccc5c34)c2)c([2H])c([2H])c1-c1ccccc1. The van der Waals surface area contributed by atoms with Crippen molar-refractivity contribution >= 4 is 60.5 Å². The fraction of sp³-hybridized carbons (Fsp3) is 0. The van der Waals surface area contributed by atoms with Crippen molar-refractivity contribution in [3.8, 4) is 33.4 Å². The molecule has 0 atom stereocenters. The second kappa shape index (κ2) is 12.5. The van der Waals surface area contributed by atoms with Gasteiger partial charge in [0.15, 0.2) is 0 Å². The maximum absolute atomic E-state index is 9.42. The third-order valence-electron chi connectivity index (χ3n) is 9.91. The van der Waals surface area contributed by atoms with Crippen LogP contribution in [0, 0.1) is 0 Å². The fourth-order valence-corrected chi connectivity index (χ4v) is 7.35. The molecular weight excluding hydrogens is 631 g/mol. The third-order valence-corrected chi connectivity index (χ3v) is 9.91. The number of nitrogens with zero attached hydrogens (tertiary/aromatic N) is 1. The molecule has 0 bridgehead atoms. The minimum atomic E-state index is -0.122. The van der Waals surface area contributed by atoms with Crippen molar-refractivity contribution in [1.29, 1.82) is 0 Å². The van der Waals surface area contributed by atoms with E-state index in [0.717, 1.165) is 60.4 Å². The summed E-state index contributed by atoms with van der Waals surface area (Å²) < 4.78 is 43.8. The molecule has 1 aromatic heterocycles. The van der Waals surface area contributed by atoms with Crippen LogP contribution in [-0.4, -0.2) is 0 Å². The van der Waals surface area contributed by atoms with E-state index in [1.54, 1.807) is 0 Å². The molecule has 10 aromatic rings. The number of fused-ring (bicyclic) bond motifs is 6. The van der Waals surface area contributed by atoms with Gasteiger partial charge in [0.1, 0.15) is 11.2 Å². The van der Waals surface area contributed by atoms with E-state index in [0.29, 0.717) is 16.9 Å². The summed E-state index contributed by atoms with van der Waals surface area (Å²) in [6.07, 6.45) is 0. The van der Waals surface area contributed by atoms with Gasteiger partial charge >= 0.3 is 0 Å². The number of hydrogen-bond acceptors (Lipinski definition) is 2. The number of anilines is 3. The molecule has 0 radical (unpaired) electrons. The lowest BCUT2D eigenvalue weighted by molar-refractivity contribution is 0.673. The summed E-state index contributed by atoms with van der Waals surface area (Å²) in [7, 11) is 0. The lowest BCUT2D eigenvalue weighted by atomic mass is 9.97. The summed E-state index contributed by atoms with van der Waals surface area (Å²) in [6, 6.07) is 58.2. The molecule has 0 saturated heterocycles. The van der Waals surface area contributed by atoms with Gasteiger partial charge < -0.3 is 9.32 Å². The molecule has 2 heteroatoms.